The molecule has 0 aliphatic rings. The van der Waals surface area contributed by atoms with Crippen molar-refractivity contribution in [2.24, 2.45) is 4.99 Å². The van der Waals surface area contributed by atoms with E-state index in [1.807, 2.05) is 32.8 Å². The third-order valence-corrected chi connectivity index (χ3v) is 0.403. The standard InChI is InChI=1S/C5H10N2.C2H6.C2H4/c1-4-6-5-7(2)3;2*1-2/h4-5H,1H2,2-3H3;1-2H3;1-2H2. The Morgan fingerprint density at radius 2 is 1.55 bits per heavy atom. The van der Waals surface area contributed by atoms with E-state index in [4.69, 9.17) is 0 Å². The van der Waals surface area contributed by atoms with Gasteiger partial charge in [-0.2, -0.15) is 0 Å². The summed E-state index contributed by atoms with van der Waals surface area (Å²) in [4.78, 5) is 5.58. The van der Waals surface area contributed by atoms with Gasteiger partial charge in [-0.1, -0.05) is 20.4 Å². The predicted molar refractivity (Wildman–Crippen MR) is 55.0 cm³/mol. The monoisotopic (exact) mass is 156 g/mol. The second-order valence-corrected chi connectivity index (χ2v) is 1.41. The molecule has 0 radical (unpaired) electrons. The average molecular weight is 156 g/mol. The second-order valence-electron chi connectivity index (χ2n) is 1.41. The Kier molecular flexibility index (Phi) is 34.6. The minimum Gasteiger partial charge on any atom is -0.369 e. The first-order chi connectivity index (χ1) is 5.27. The molecule has 2 nitrogen and oxygen atoms in total. The van der Waals surface area contributed by atoms with Crippen LogP contribution in [0.15, 0.2) is 30.9 Å². The van der Waals surface area contributed by atoms with Crippen molar-refractivity contribution in [3.8, 4) is 0 Å². The Morgan fingerprint density at radius 1 is 1.18 bits per heavy atom. The first-order valence-electron chi connectivity index (χ1n) is 3.58. The van der Waals surface area contributed by atoms with Crippen molar-refractivity contribution in [1.29, 1.82) is 0 Å². The molecule has 0 N–H and O–H groups in total. The molecule has 0 aliphatic carbocycles. The van der Waals surface area contributed by atoms with Crippen molar-refractivity contribution in [2.75, 3.05) is 14.1 Å². The Labute approximate surface area is 70.9 Å². The molecule has 0 saturated carbocycles. The van der Waals surface area contributed by atoms with Crippen LogP contribution in [0.3, 0.4) is 0 Å². The molecular weight excluding hydrogens is 136 g/mol. The highest BCUT2D eigenvalue weighted by Crippen LogP contribution is 1.66. The van der Waals surface area contributed by atoms with E-state index < -0.39 is 0 Å². The summed E-state index contributed by atoms with van der Waals surface area (Å²) in [6.07, 6.45) is 3.19. The highest BCUT2D eigenvalue weighted by Gasteiger charge is 1.68. The molecule has 0 aromatic heterocycles. The van der Waals surface area contributed by atoms with Crippen molar-refractivity contribution in [3.05, 3.63) is 25.9 Å². The molecule has 0 aliphatic heterocycles. The molecule has 2 heteroatoms. The van der Waals surface area contributed by atoms with Gasteiger partial charge in [0, 0.05) is 20.3 Å². The van der Waals surface area contributed by atoms with Gasteiger partial charge in [-0.25, -0.2) is 4.99 Å². The molecule has 0 aromatic carbocycles. The molecule has 66 valence electrons. The summed E-state index contributed by atoms with van der Waals surface area (Å²) in [5, 5.41) is 0. The number of nitrogens with zero attached hydrogens (tertiary/aromatic N) is 2. The van der Waals surface area contributed by atoms with Crippen LogP contribution in [-0.2, 0) is 0 Å². The normalized spacial score (nSPS) is 6.91. The van der Waals surface area contributed by atoms with Crippen molar-refractivity contribution < 1.29 is 0 Å². The third kappa shape index (κ3) is 49.7. The van der Waals surface area contributed by atoms with Crippen LogP contribution in [0.2, 0.25) is 0 Å². The summed E-state index contributed by atoms with van der Waals surface area (Å²) in [5.74, 6) is 0. The van der Waals surface area contributed by atoms with Gasteiger partial charge in [0.15, 0.2) is 0 Å². The molecule has 0 rings (SSSR count). The van der Waals surface area contributed by atoms with Gasteiger partial charge in [-0.05, 0) is 0 Å². The van der Waals surface area contributed by atoms with Gasteiger partial charge >= 0.3 is 0 Å². The van der Waals surface area contributed by atoms with Gasteiger partial charge in [0.1, 0.15) is 0 Å². The first-order valence-corrected chi connectivity index (χ1v) is 3.58. The molecular formula is C9H20N2. The van der Waals surface area contributed by atoms with Crippen molar-refractivity contribution in [2.45, 2.75) is 13.8 Å². The van der Waals surface area contributed by atoms with Gasteiger partial charge in [-0.15, -0.1) is 13.2 Å². The Morgan fingerprint density at radius 3 is 1.64 bits per heavy atom. The highest BCUT2D eigenvalue weighted by molar-refractivity contribution is 5.54. The Hall–Kier alpha value is -1.05. The maximum Gasteiger partial charge on any atom is 0.0899 e. The molecule has 0 spiro atoms. The Bertz CT molecular complexity index is 85.6. The maximum absolute atomic E-state index is 3.74. The molecule has 0 unspecified atom stereocenters. The number of hydrogen-bond acceptors (Lipinski definition) is 1. The van der Waals surface area contributed by atoms with Crippen molar-refractivity contribution in [3.63, 3.8) is 0 Å². The molecule has 0 saturated heterocycles. The van der Waals surface area contributed by atoms with Crippen molar-refractivity contribution >= 4 is 6.34 Å². The van der Waals surface area contributed by atoms with Crippen LogP contribution in [0.1, 0.15) is 13.8 Å². The van der Waals surface area contributed by atoms with Gasteiger partial charge in [0.05, 0.1) is 6.34 Å². The number of aliphatic imine (C=N–C) groups is 1. The number of rotatable bonds is 2. The van der Waals surface area contributed by atoms with Crippen LogP contribution in [0.4, 0.5) is 0 Å². The lowest BCUT2D eigenvalue weighted by atomic mass is 10.9. The summed E-state index contributed by atoms with van der Waals surface area (Å²) < 4.78 is 0. The van der Waals surface area contributed by atoms with Crippen LogP contribution < -0.4 is 0 Å². The number of hydrogen-bond donors (Lipinski definition) is 0. The van der Waals surface area contributed by atoms with Crippen LogP contribution in [0, 0.1) is 0 Å². The fourth-order valence-electron chi connectivity index (χ4n) is 0.180. The zero-order valence-electron chi connectivity index (χ0n) is 8.17. The second kappa shape index (κ2) is 23.1. The zero-order valence-corrected chi connectivity index (χ0v) is 8.17. The van der Waals surface area contributed by atoms with E-state index in [-0.39, 0.29) is 0 Å². The molecule has 0 aromatic rings. The SMILES string of the molecule is C=C.C=CN=CN(C)C.CC. The summed E-state index contributed by atoms with van der Waals surface area (Å²) >= 11 is 0. The average Bonchev–Trinajstić information content (AvgIpc) is 2.08. The molecule has 0 heterocycles. The lowest BCUT2D eigenvalue weighted by Crippen LogP contribution is -2.06. The molecule has 0 bridgehead atoms. The van der Waals surface area contributed by atoms with Crippen LogP contribution in [0.5, 0.6) is 0 Å². The van der Waals surface area contributed by atoms with Crippen LogP contribution in [0.25, 0.3) is 0 Å². The van der Waals surface area contributed by atoms with E-state index in [1.54, 1.807) is 6.34 Å². The smallest absolute Gasteiger partial charge is 0.0899 e. The fourth-order valence-corrected chi connectivity index (χ4v) is 0.180. The van der Waals surface area contributed by atoms with E-state index >= 15 is 0 Å². The van der Waals surface area contributed by atoms with E-state index in [2.05, 4.69) is 24.7 Å². The summed E-state index contributed by atoms with van der Waals surface area (Å²) in [7, 11) is 3.82. The first kappa shape index (κ1) is 16.5. The lowest BCUT2D eigenvalue weighted by Gasteiger charge is -1.98. The largest absolute Gasteiger partial charge is 0.369 e. The molecule has 11 heavy (non-hydrogen) atoms. The Balaban J connectivity index is -0.000000138. The quantitative estimate of drug-likeness (QED) is 0.341. The molecule has 0 fully saturated rings. The van der Waals surface area contributed by atoms with E-state index in [1.165, 1.54) is 6.20 Å². The van der Waals surface area contributed by atoms with Gasteiger partial charge in [0.25, 0.3) is 0 Å². The van der Waals surface area contributed by atoms with E-state index in [0.29, 0.717) is 0 Å². The molecule has 0 atom stereocenters. The van der Waals surface area contributed by atoms with Crippen molar-refractivity contribution in [1.82, 2.24) is 4.90 Å². The minimum absolute atomic E-state index is 1.50. The molecule has 0 amide bonds. The third-order valence-electron chi connectivity index (χ3n) is 0.403. The van der Waals surface area contributed by atoms with Gasteiger partial charge < -0.3 is 4.90 Å². The minimum atomic E-state index is 1.50. The summed E-state index contributed by atoms with van der Waals surface area (Å²) in [6.45, 7) is 13.4. The lowest BCUT2D eigenvalue weighted by molar-refractivity contribution is 0.643. The van der Waals surface area contributed by atoms with Crippen LogP contribution >= 0.6 is 0 Å². The summed E-state index contributed by atoms with van der Waals surface area (Å²) in [5.41, 5.74) is 0. The van der Waals surface area contributed by atoms with E-state index in [9.17, 15) is 0 Å². The van der Waals surface area contributed by atoms with Gasteiger partial charge in [-0.3, -0.25) is 0 Å². The maximum atomic E-state index is 3.74. The fraction of sp³-hybridized carbons (Fsp3) is 0.444. The zero-order chi connectivity index (χ0) is 9.70. The van der Waals surface area contributed by atoms with Crippen LogP contribution in [-0.4, -0.2) is 25.3 Å². The summed E-state index contributed by atoms with van der Waals surface area (Å²) in [6, 6.07) is 0. The van der Waals surface area contributed by atoms with E-state index in [0.717, 1.165) is 0 Å². The topological polar surface area (TPSA) is 15.6 Å². The highest BCUT2D eigenvalue weighted by atomic mass is 15.1. The van der Waals surface area contributed by atoms with Gasteiger partial charge in [0.2, 0.25) is 0 Å². The predicted octanol–water partition coefficient (Wildman–Crippen LogP) is 2.55.